The second-order valence-corrected chi connectivity index (χ2v) is 9.77. The van der Waals surface area contributed by atoms with Crippen LogP contribution in [-0.2, 0) is 15.8 Å². The van der Waals surface area contributed by atoms with Crippen LogP contribution in [-0.4, -0.2) is 62.2 Å². The number of aromatic amines is 1. The summed E-state index contributed by atoms with van der Waals surface area (Å²) in [6, 6.07) is 1.99. The van der Waals surface area contributed by atoms with E-state index in [0.29, 0.717) is 22.9 Å². The summed E-state index contributed by atoms with van der Waals surface area (Å²) in [5, 5.41) is 0.991. The number of carbonyl (C=O) groups is 1. The van der Waals surface area contributed by atoms with Gasteiger partial charge in [-0.1, -0.05) is 5.57 Å². The number of fused-ring (bicyclic) bond motifs is 1. The average Bonchev–Trinajstić information content (AvgIpc) is 3.32. The fourth-order valence-electron chi connectivity index (χ4n) is 3.98. The number of anilines is 1. The van der Waals surface area contributed by atoms with Crippen molar-refractivity contribution < 1.29 is 9.00 Å². The lowest BCUT2D eigenvalue weighted by atomic mass is 10.1. The molecule has 0 radical (unpaired) electrons. The van der Waals surface area contributed by atoms with Gasteiger partial charge in [0, 0.05) is 25.8 Å². The van der Waals surface area contributed by atoms with Gasteiger partial charge in [0.05, 0.1) is 20.7 Å². The Labute approximate surface area is 183 Å². The van der Waals surface area contributed by atoms with Gasteiger partial charge >= 0.3 is 0 Å². The summed E-state index contributed by atoms with van der Waals surface area (Å²) < 4.78 is 15.0. The third-order valence-corrected chi connectivity index (χ3v) is 7.34. The first-order valence-corrected chi connectivity index (χ1v) is 11.5. The van der Waals surface area contributed by atoms with Crippen molar-refractivity contribution in [3.05, 3.63) is 40.0 Å². The van der Waals surface area contributed by atoms with E-state index in [-0.39, 0.29) is 11.4 Å². The molecule has 1 saturated heterocycles. The molecule has 1 amide bonds. The van der Waals surface area contributed by atoms with E-state index in [1.807, 2.05) is 31.0 Å². The van der Waals surface area contributed by atoms with Crippen LogP contribution in [0.4, 0.5) is 5.82 Å². The first-order chi connectivity index (χ1) is 14.4. The molecule has 1 saturated carbocycles. The Morgan fingerprint density at radius 2 is 2.10 bits per heavy atom. The van der Waals surface area contributed by atoms with E-state index in [4.69, 9.17) is 0 Å². The molecule has 1 unspecified atom stereocenters. The predicted molar refractivity (Wildman–Crippen MR) is 122 cm³/mol. The molecule has 2 aromatic rings. The summed E-state index contributed by atoms with van der Waals surface area (Å²) in [5.74, 6) is 0.786. The topological polar surface area (TPSA) is 94.2 Å². The second-order valence-electron chi connectivity index (χ2n) is 7.91. The van der Waals surface area contributed by atoms with E-state index < -0.39 is 11.0 Å². The van der Waals surface area contributed by atoms with Gasteiger partial charge < -0.3 is 14.8 Å². The smallest absolute Gasteiger partial charge is 0.260 e. The van der Waals surface area contributed by atoms with Crippen molar-refractivity contribution in [1.82, 2.24) is 24.6 Å². The van der Waals surface area contributed by atoms with Gasteiger partial charge in [-0.05, 0) is 45.9 Å². The second kappa shape index (κ2) is 8.16. The molecular formula is C20H26N6O2S2. The molecule has 2 fully saturated rings. The van der Waals surface area contributed by atoms with E-state index in [1.165, 1.54) is 0 Å². The maximum absolute atomic E-state index is 13.2. The van der Waals surface area contributed by atoms with Gasteiger partial charge in [-0.15, -0.1) is 12.6 Å². The molecule has 0 aromatic carbocycles. The van der Waals surface area contributed by atoms with E-state index in [2.05, 4.69) is 37.2 Å². The van der Waals surface area contributed by atoms with Gasteiger partial charge in [-0.3, -0.25) is 4.79 Å². The minimum Gasteiger partial charge on any atom is -0.352 e. The van der Waals surface area contributed by atoms with E-state index in [1.54, 1.807) is 19.5 Å². The number of aromatic nitrogens is 3. The lowest BCUT2D eigenvalue weighted by Gasteiger charge is -2.42. The number of nitrogens with zero attached hydrogens (tertiary/aromatic N) is 4. The van der Waals surface area contributed by atoms with Crippen LogP contribution in [0.25, 0.3) is 11.0 Å². The highest BCUT2D eigenvalue weighted by Crippen LogP contribution is 2.46. The number of piperazine rings is 1. The largest absolute Gasteiger partial charge is 0.352 e. The molecule has 1 spiro atoms. The molecule has 1 aliphatic carbocycles. The Morgan fingerprint density at radius 3 is 2.77 bits per heavy atom. The van der Waals surface area contributed by atoms with Crippen molar-refractivity contribution in [3.8, 4) is 0 Å². The fourth-order valence-corrected chi connectivity index (χ4v) is 5.13. The first kappa shape index (κ1) is 21.1. The first-order valence-electron chi connectivity index (χ1n) is 9.88. The molecule has 1 atom stereocenters. The van der Waals surface area contributed by atoms with Gasteiger partial charge in [-0.2, -0.15) is 0 Å². The summed E-state index contributed by atoms with van der Waals surface area (Å²) in [6.45, 7) is 5.75. The van der Waals surface area contributed by atoms with Gasteiger partial charge in [0.2, 0.25) is 0 Å². The molecule has 2 aliphatic rings. The van der Waals surface area contributed by atoms with Crippen LogP contribution in [0.5, 0.6) is 0 Å². The quantitative estimate of drug-likeness (QED) is 0.372. The molecule has 0 bridgehead atoms. The van der Waals surface area contributed by atoms with Crippen LogP contribution < -0.4 is 9.62 Å². The average molecular weight is 447 g/mol. The van der Waals surface area contributed by atoms with Crippen molar-refractivity contribution in [2.75, 3.05) is 31.6 Å². The molecule has 1 aliphatic heterocycles. The summed E-state index contributed by atoms with van der Waals surface area (Å²) >= 11 is 4.48. The van der Waals surface area contributed by atoms with Crippen LogP contribution in [0.1, 0.15) is 26.7 Å². The number of amides is 1. The Hall–Kier alpha value is -2.17. The molecule has 4 rings (SSSR count). The number of hydrogen-bond acceptors (Lipinski definition) is 6. The third-order valence-electron chi connectivity index (χ3n) is 5.72. The molecule has 8 nitrogen and oxygen atoms in total. The standard InChI is InChI=1S/C20H26N6O2S2/c1-13(2)16(30(28)21-3)10-15(29)19(27)26-9-8-25(11-20(26)5-6-20)18-14-4-7-22-17(14)23-12-24-18/h4,7,10,12,21,29H,5-6,8-9,11H2,1-3H3,(H,22,23,24). The van der Waals surface area contributed by atoms with Crippen molar-refractivity contribution in [3.63, 3.8) is 0 Å². The van der Waals surface area contributed by atoms with E-state index in [0.717, 1.165) is 41.8 Å². The van der Waals surface area contributed by atoms with Gasteiger partial charge in [0.15, 0.2) is 0 Å². The van der Waals surface area contributed by atoms with E-state index in [9.17, 15) is 9.00 Å². The highest BCUT2D eigenvalue weighted by Gasteiger charge is 2.53. The minimum absolute atomic E-state index is 0.114. The lowest BCUT2D eigenvalue weighted by Crippen LogP contribution is -2.57. The van der Waals surface area contributed by atoms with Crippen LogP contribution in [0.2, 0.25) is 0 Å². The third kappa shape index (κ3) is 3.79. The molecule has 3 heterocycles. The normalized spacial score (nSPS) is 19.3. The molecule has 2 N–H and O–H groups in total. The number of thiol groups is 1. The fraction of sp³-hybridized carbons (Fsp3) is 0.450. The zero-order valence-electron chi connectivity index (χ0n) is 17.3. The number of nitrogens with one attached hydrogen (secondary N) is 2. The molecule has 160 valence electrons. The number of allylic oxidation sites excluding steroid dienone is 2. The van der Waals surface area contributed by atoms with Crippen LogP contribution >= 0.6 is 12.6 Å². The molecular weight excluding hydrogens is 420 g/mol. The maximum atomic E-state index is 13.2. The summed E-state index contributed by atoms with van der Waals surface area (Å²) in [6.07, 6.45) is 6.97. The Balaban J connectivity index is 1.56. The Kier molecular flexibility index (Phi) is 5.73. The van der Waals surface area contributed by atoms with E-state index >= 15 is 0 Å². The number of H-pyrrole nitrogens is 1. The highest BCUT2D eigenvalue weighted by atomic mass is 32.2. The monoisotopic (exact) mass is 446 g/mol. The summed E-state index contributed by atoms with van der Waals surface area (Å²) in [4.78, 5) is 30.2. The van der Waals surface area contributed by atoms with Crippen LogP contribution in [0.3, 0.4) is 0 Å². The SMILES string of the molecule is CNS(=O)C(C=C(S)C(=O)N1CCN(c2ncnc3[nH]ccc23)CC12CC2)=C(C)C. The van der Waals surface area contributed by atoms with Crippen LogP contribution in [0, 0.1) is 0 Å². The van der Waals surface area contributed by atoms with Crippen molar-refractivity contribution >= 4 is 46.4 Å². The van der Waals surface area contributed by atoms with Gasteiger partial charge in [-0.25, -0.2) is 18.9 Å². The highest BCUT2D eigenvalue weighted by molar-refractivity contribution is 7.87. The molecule has 10 heteroatoms. The number of carbonyl (C=O) groups excluding carboxylic acids is 1. The molecule has 30 heavy (non-hydrogen) atoms. The lowest BCUT2D eigenvalue weighted by molar-refractivity contribution is -0.129. The minimum atomic E-state index is -1.37. The number of rotatable bonds is 5. The van der Waals surface area contributed by atoms with Crippen LogP contribution in [0.15, 0.2) is 40.0 Å². The van der Waals surface area contributed by atoms with Crippen molar-refractivity contribution in [2.45, 2.75) is 32.2 Å². The van der Waals surface area contributed by atoms with Gasteiger partial charge in [0.25, 0.3) is 5.91 Å². The maximum Gasteiger partial charge on any atom is 0.260 e. The Bertz CT molecular complexity index is 1070. The van der Waals surface area contributed by atoms with Gasteiger partial charge in [0.1, 0.15) is 28.8 Å². The summed E-state index contributed by atoms with van der Waals surface area (Å²) in [7, 11) is 0.252. The zero-order valence-corrected chi connectivity index (χ0v) is 19.0. The Morgan fingerprint density at radius 1 is 1.33 bits per heavy atom. The molecule has 2 aromatic heterocycles. The zero-order chi connectivity index (χ0) is 21.5. The van der Waals surface area contributed by atoms with Crippen molar-refractivity contribution in [2.24, 2.45) is 0 Å². The van der Waals surface area contributed by atoms with Crippen molar-refractivity contribution in [1.29, 1.82) is 0 Å². The number of hydrogen-bond donors (Lipinski definition) is 3. The predicted octanol–water partition coefficient (Wildman–Crippen LogP) is 2.13. The summed E-state index contributed by atoms with van der Waals surface area (Å²) in [5.41, 5.74) is 1.50.